The fourth-order valence-corrected chi connectivity index (χ4v) is 1.30. The molecule has 1 heterocycles. The first-order valence-corrected chi connectivity index (χ1v) is 4.90. The van der Waals surface area contributed by atoms with Crippen LogP contribution in [0, 0.1) is 6.92 Å². The van der Waals surface area contributed by atoms with E-state index in [1.54, 1.807) is 31.2 Å². The first-order valence-electron chi connectivity index (χ1n) is 4.53. The molecule has 0 saturated heterocycles. The summed E-state index contributed by atoms with van der Waals surface area (Å²) in [5.41, 5.74) is 0.637. The van der Waals surface area contributed by atoms with Crippen LogP contribution in [0.5, 0.6) is 0 Å². The van der Waals surface area contributed by atoms with E-state index in [0.717, 1.165) is 0 Å². The van der Waals surface area contributed by atoms with Gasteiger partial charge in [-0.1, -0.05) is 23.7 Å². The van der Waals surface area contributed by atoms with E-state index >= 15 is 0 Å². The number of nitrogens with one attached hydrogen (secondary N) is 1. The lowest BCUT2D eigenvalue weighted by atomic mass is 10.3. The number of aromatic nitrogens is 1. The van der Waals surface area contributed by atoms with Crippen molar-refractivity contribution in [2.45, 2.75) is 6.92 Å². The monoisotopic (exact) mass is 237 g/mol. The molecule has 2 rings (SSSR count). The topological polar surface area (TPSA) is 70.7 Å². The number of azo groups is 1. The molecule has 0 atom stereocenters. The molecule has 1 N–H and O–H groups in total. The molecule has 1 aromatic heterocycles. The molecule has 0 radical (unpaired) electrons. The average molecular weight is 238 g/mol. The highest BCUT2D eigenvalue weighted by atomic mass is 35.5. The van der Waals surface area contributed by atoms with Crippen molar-refractivity contribution in [3.05, 3.63) is 45.4 Å². The summed E-state index contributed by atoms with van der Waals surface area (Å²) in [4.78, 5) is 11.2. The molecule has 5 nitrogen and oxygen atoms in total. The zero-order valence-corrected chi connectivity index (χ0v) is 9.15. The molecule has 0 bridgehead atoms. The van der Waals surface area contributed by atoms with Gasteiger partial charge in [0.2, 0.25) is 0 Å². The van der Waals surface area contributed by atoms with Crippen LogP contribution >= 0.6 is 11.6 Å². The van der Waals surface area contributed by atoms with E-state index in [1.807, 2.05) is 0 Å². The van der Waals surface area contributed by atoms with Gasteiger partial charge in [0.25, 0.3) is 0 Å². The Morgan fingerprint density at radius 1 is 1.31 bits per heavy atom. The van der Waals surface area contributed by atoms with Gasteiger partial charge in [-0.3, -0.25) is 0 Å². The Balaban J connectivity index is 2.36. The lowest BCUT2D eigenvalue weighted by Crippen LogP contribution is -1.89. The van der Waals surface area contributed by atoms with E-state index in [2.05, 4.69) is 19.9 Å². The number of H-pyrrole nitrogens is 1. The number of aryl methyl sites for hydroxylation is 1. The van der Waals surface area contributed by atoms with E-state index in [0.29, 0.717) is 16.4 Å². The molecule has 0 amide bonds. The Morgan fingerprint density at radius 2 is 2.06 bits per heavy atom. The SMILES string of the molecule is Cc1[nH]oc(=O)c1N=Nc1ccccc1Cl. The Bertz CT molecular complexity index is 586. The predicted molar refractivity (Wildman–Crippen MR) is 59.7 cm³/mol. The van der Waals surface area contributed by atoms with E-state index in [9.17, 15) is 4.79 Å². The molecule has 0 unspecified atom stereocenters. The van der Waals surface area contributed by atoms with Gasteiger partial charge in [0.05, 0.1) is 10.7 Å². The summed E-state index contributed by atoms with van der Waals surface area (Å²) in [6.07, 6.45) is 0. The lowest BCUT2D eigenvalue weighted by Gasteiger charge is -1.93. The molecule has 0 aliphatic rings. The maximum Gasteiger partial charge on any atom is 0.384 e. The summed E-state index contributed by atoms with van der Waals surface area (Å²) < 4.78 is 4.55. The molecule has 0 saturated carbocycles. The van der Waals surface area contributed by atoms with Crippen LogP contribution < -0.4 is 5.63 Å². The Morgan fingerprint density at radius 3 is 2.69 bits per heavy atom. The minimum Gasteiger partial charge on any atom is -0.336 e. The number of hydrogen-bond acceptors (Lipinski definition) is 4. The van der Waals surface area contributed by atoms with Crippen LogP contribution in [0.25, 0.3) is 0 Å². The van der Waals surface area contributed by atoms with Gasteiger partial charge in [0, 0.05) is 0 Å². The lowest BCUT2D eigenvalue weighted by molar-refractivity contribution is 0.388. The van der Waals surface area contributed by atoms with Crippen molar-refractivity contribution in [3.63, 3.8) is 0 Å². The second-order valence-electron chi connectivity index (χ2n) is 3.12. The van der Waals surface area contributed by atoms with Crippen LogP contribution in [0.1, 0.15) is 5.69 Å². The van der Waals surface area contributed by atoms with Crippen LogP contribution in [-0.4, -0.2) is 5.16 Å². The predicted octanol–water partition coefficient (Wildman–Crippen LogP) is 3.35. The summed E-state index contributed by atoms with van der Waals surface area (Å²) in [7, 11) is 0. The molecule has 16 heavy (non-hydrogen) atoms. The maximum atomic E-state index is 11.2. The van der Waals surface area contributed by atoms with Gasteiger partial charge in [0.1, 0.15) is 5.69 Å². The van der Waals surface area contributed by atoms with Gasteiger partial charge in [0.15, 0.2) is 5.69 Å². The standard InChI is InChI=1S/C10H8ClN3O2/c1-6-9(10(15)16-14-6)13-12-8-5-3-2-4-7(8)11/h2-5,14H,1H3. The van der Waals surface area contributed by atoms with Crippen molar-refractivity contribution in [1.82, 2.24) is 5.16 Å². The number of nitrogens with zero attached hydrogens (tertiary/aromatic N) is 2. The minimum atomic E-state index is -0.548. The third kappa shape index (κ3) is 2.04. The van der Waals surface area contributed by atoms with Crippen LogP contribution in [0.3, 0.4) is 0 Å². The van der Waals surface area contributed by atoms with Crippen molar-refractivity contribution < 1.29 is 4.52 Å². The number of benzene rings is 1. The number of halogens is 1. The minimum absolute atomic E-state index is 0.153. The summed E-state index contributed by atoms with van der Waals surface area (Å²) in [5, 5.41) is 10.6. The zero-order chi connectivity index (χ0) is 11.5. The van der Waals surface area contributed by atoms with Crippen LogP contribution in [0.2, 0.25) is 5.02 Å². The normalized spacial score (nSPS) is 11.1. The van der Waals surface area contributed by atoms with E-state index in [-0.39, 0.29) is 5.69 Å². The second-order valence-corrected chi connectivity index (χ2v) is 3.52. The molecular weight excluding hydrogens is 230 g/mol. The van der Waals surface area contributed by atoms with Crippen LogP contribution in [-0.2, 0) is 0 Å². The highest BCUT2D eigenvalue weighted by molar-refractivity contribution is 6.32. The molecular formula is C10H8ClN3O2. The van der Waals surface area contributed by atoms with Gasteiger partial charge in [-0.15, -0.1) is 10.2 Å². The number of aromatic amines is 1. The number of rotatable bonds is 2. The Kier molecular flexibility index (Phi) is 2.87. The van der Waals surface area contributed by atoms with E-state index in [1.165, 1.54) is 0 Å². The smallest absolute Gasteiger partial charge is 0.336 e. The Labute approximate surface area is 95.7 Å². The first kappa shape index (κ1) is 10.6. The van der Waals surface area contributed by atoms with Crippen molar-refractivity contribution >= 4 is 23.0 Å². The molecule has 0 aliphatic carbocycles. The van der Waals surface area contributed by atoms with Gasteiger partial charge in [-0.2, -0.15) is 0 Å². The van der Waals surface area contributed by atoms with Gasteiger partial charge in [-0.25, -0.2) is 9.95 Å². The van der Waals surface area contributed by atoms with Gasteiger partial charge in [-0.05, 0) is 19.1 Å². The Hall–Kier alpha value is -1.88. The molecule has 2 aromatic rings. The number of hydrogen-bond donors (Lipinski definition) is 1. The maximum absolute atomic E-state index is 11.2. The highest BCUT2D eigenvalue weighted by Gasteiger charge is 2.06. The van der Waals surface area contributed by atoms with Gasteiger partial charge >= 0.3 is 5.63 Å². The second kappa shape index (κ2) is 4.32. The zero-order valence-electron chi connectivity index (χ0n) is 8.40. The average Bonchev–Trinajstić information content (AvgIpc) is 2.58. The fraction of sp³-hybridized carbons (Fsp3) is 0.100. The fourth-order valence-electron chi connectivity index (χ4n) is 1.13. The quantitative estimate of drug-likeness (QED) is 0.814. The molecule has 0 fully saturated rings. The molecule has 6 heteroatoms. The third-order valence-electron chi connectivity index (χ3n) is 1.96. The van der Waals surface area contributed by atoms with Crippen molar-refractivity contribution in [1.29, 1.82) is 0 Å². The van der Waals surface area contributed by atoms with Crippen LogP contribution in [0.4, 0.5) is 11.4 Å². The molecule has 0 aliphatic heterocycles. The third-order valence-corrected chi connectivity index (χ3v) is 2.28. The first-order chi connectivity index (χ1) is 7.68. The summed E-state index contributed by atoms with van der Waals surface area (Å²) in [6.45, 7) is 1.67. The largest absolute Gasteiger partial charge is 0.384 e. The summed E-state index contributed by atoms with van der Waals surface area (Å²) in [5.74, 6) is 0. The molecule has 0 spiro atoms. The summed E-state index contributed by atoms with van der Waals surface area (Å²) in [6, 6.07) is 6.97. The van der Waals surface area contributed by atoms with Crippen LogP contribution in [0.15, 0.2) is 43.8 Å². The summed E-state index contributed by atoms with van der Waals surface area (Å²) >= 11 is 5.88. The molecule has 1 aromatic carbocycles. The molecule has 82 valence electrons. The highest BCUT2D eigenvalue weighted by Crippen LogP contribution is 2.25. The van der Waals surface area contributed by atoms with Crippen molar-refractivity contribution in [2.24, 2.45) is 10.2 Å². The van der Waals surface area contributed by atoms with E-state index in [4.69, 9.17) is 11.6 Å². The van der Waals surface area contributed by atoms with E-state index < -0.39 is 5.63 Å². The van der Waals surface area contributed by atoms with Gasteiger partial charge < -0.3 is 4.52 Å². The van der Waals surface area contributed by atoms with Crippen molar-refractivity contribution in [3.8, 4) is 0 Å². The van der Waals surface area contributed by atoms with Crippen molar-refractivity contribution in [2.75, 3.05) is 0 Å².